The molecular weight excluding hydrogens is 1850 g/mol. The van der Waals surface area contributed by atoms with Crippen molar-refractivity contribution < 1.29 is 95.1 Å². The Bertz CT molecular complexity index is 7710. The summed E-state index contributed by atoms with van der Waals surface area (Å²) in [5, 5.41) is 1.56. The number of nitrogens with zero attached hydrogens (tertiary/aromatic N) is 18. The number of halogens is 8. The Labute approximate surface area is 726 Å². The summed E-state index contributed by atoms with van der Waals surface area (Å²) in [5.41, 5.74) is -5.16. The third-order valence-corrected chi connectivity index (χ3v) is 28.7. The van der Waals surface area contributed by atoms with Crippen LogP contribution in [0, 0.1) is 48.8 Å². The van der Waals surface area contributed by atoms with Gasteiger partial charge in [0.1, 0.15) is 15.7 Å². The van der Waals surface area contributed by atoms with E-state index in [1.807, 2.05) is 0 Å². The van der Waals surface area contributed by atoms with E-state index in [-0.39, 0.29) is 66.4 Å². The van der Waals surface area contributed by atoms with Crippen molar-refractivity contribution in [2.45, 2.75) is 55.6 Å². The molecule has 7 heterocycles. The topological polar surface area (TPSA) is 459 Å². The highest BCUT2D eigenvalue weighted by Gasteiger charge is 2.29. The standard InChI is InChI=1S/C14H14F3N3O4S.C13H14FN3O4S.2C13H14FN3O3S.C12H12FN3O3S.C10H10FN3O3S2/c1-14(16,17)24-9-4-6-10(7-5-9)25(22,23)20-8-11(15)12(18-2)19(3)13(20)21;1-15-12-11(14)8-17(13(18)16(12)2)22(19,20)10-6-4-9(21-3)5-7-10;2*1-9-4-6-10(7-5-9)21(19,20)17-8-11(14)12(15-2)16(3)13(17)18;1-14-11-10(13)8-16(12(17)15(11)2)20(18,19)9-6-4-3-5-7-9;1-12-9-7(11)6-14(10(15)13(9)2)19(16,17)8-4-3-5-18-8/h4-8H,1-3H3;4-8H,1-3H3;2*4-8H,1-3H3;3-8H,1-2H3;3-6H,1-2H3. The second-order valence-corrected chi connectivity index (χ2v) is 38.0. The quantitative estimate of drug-likeness (QED) is 0.133. The Morgan fingerprint density at radius 2 is 0.516 bits per heavy atom. The van der Waals surface area contributed by atoms with Crippen LogP contribution in [0.25, 0.3) is 0 Å². The minimum Gasteiger partial charge on any atom is -0.497 e. The van der Waals surface area contributed by atoms with Crippen molar-refractivity contribution >= 4 is 71.5 Å². The molecule has 0 fully saturated rings. The number of aromatic nitrogens is 12. The van der Waals surface area contributed by atoms with Crippen LogP contribution in [0.2, 0.25) is 0 Å². The molecule has 0 radical (unpaired) electrons. The smallest absolute Gasteiger partial charge is 0.394 e. The molecule has 53 heteroatoms. The largest absolute Gasteiger partial charge is 0.497 e. The molecule has 0 aliphatic rings. The lowest BCUT2D eigenvalue weighted by atomic mass is 10.2. The zero-order chi connectivity index (χ0) is 96.2. The molecule has 7 aromatic heterocycles. The predicted molar refractivity (Wildman–Crippen MR) is 446 cm³/mol. The fourth-order valence-electron chi connectivity index (χ4n) is 11.0. The van der Waals surface area contributed by atoms with E-state index >= 15 is 0 Å². The molecule has 0 spiro atoms. The molecule has 0 amide bonds. The van der Waals surface area contributed by atoms with Gasteiger partial charge in [-0.15, -0.1) is 11.3 Å². The zero-order valence-electron chi connectivity index (χ0n) is 69.9. The molecule has 12 aromatic rings. The van der Waals surface area contributed by atoms with E-state index in [1.165, 1.54) is 177 Å². The molecule has 0 N–H and O–H groups in total. The third kappa shape index (κ3) is 22.0. The Morgan fingerprint density at radius 1 is 0.305 bits per heavy atom. The summed E-state index contributed by atoms with van der Waals surface area (Å²) in [4.78, 5) is 93.3. The zero-order valence-corrected chi connectivity index (χ0v) is 75.6. The highest BCUT2D eigenvalue weighted by Crippen LogP contribution is 2.25. The van der Waals surface area contributed by atoms with Gasteiger partial charge in [-0.05, 0) is 110 Å². The molecule has 0 saturated heterocycles. The van der Waals surface area contributed by atoms with Crippen LogP contribution in [-0.2, 0) is 102 Å². The number of hydrogen-bond acceptors (Lipinski definition) is 27. The Hall–Kier alpha value is -13.4. The van der Waals surface area contributed by atoms with E-state index in [0.717, 1.165) is 74.1 Å². The molecule has 38 nitrogen and oxygen atoms in total. The number of methoxy groups -OCH3 is 1. The molecule has 128 heavy (non-hydrogen) atoms. The first kappa shape index (κ1) is 102. The van der Waals surface area contributed by atoms with E-state index in [9.17, 15) is 114 Å². The summed E-state index contributed by atoms with van der Waals surface area (Å²) >= 11 is 0.952. The lowest BCUT2D eigenvalue weighted by molar-refractivity contribution is -0.159. The number of benzene rings is 5. The van der Waals surface area contributed by atoms with Crippen molar-refractivity contribution in [1.82, 2.24) is 51.2 Å². The van der Waals surface area contributed by atoms with Crippen molar-refractivity contribution in [3.63, 3.8) is 0 Å². The fraction of sp³-hybridized carbons (Fsp3) is 0.227. The first-order valence-corrected chi connectivity index (χ1v) is 45.2. The van der Waals surface area contributed by atoms with Crippen molar-refractivity contribution in [1.29, 1.82) is 0 Å². The molecule has 0 aliphatic heterocycles. The summed E-state index contributed by atoms with van der Waals surface area (Å²) in [7, 11) is -8.49. The number of hydrogen-bond donors (Lipinski definition) is 0. The average molecular weight is 1930 g/mol. The third-order valence-electron chi connectivity index (χ3n) is 17.5. The van der Waals surface area contributed by atoms with Gasteiger partial charge < -0.3 is 9.47 Å². The van der Waals surface area contributed by atoms with Crippen LogP contribution in [-0.4, -0.2) is 157 Å². The van der Waals surface area contributed by atoms with Crippen LogP contribution in [0.4, 0.5) is 35.1 Å². The first-order chi connectivity index (χ1) is 59.6. The van der Waals surface area contributed by atoms with Crippen molar-refractivity contribution in [3.05, 3.63) is 324 Å². The maximum Gasteiger partial charge on any atom is 0.394 e. The Kier molecular flexibility index (Phi) is 32.5. The molecule has 686 valence electrons. The van der Waals surface area contributed by atoms with Crippen LogP contribution in [0.5, 0.6) is 11.5 Å². The normalized spacial score (nSPS) is 12.8. The number of rotatable bonds is 15. The van der Waals surface area contributed by atoms with Crippen LogP contribution in [0.15, 0.2) is 269 Å². The van der Waals surface area contributed by atoms with E-state index in [1.54, 1.807) is 49.6 Å². The molecule has 0 bridgehead atoms. The van der Waals surface area contributed by atoms with Gasteiger partial charge >= 0.3 is 40.2 Å². The van der Waals surface area contributed by atoms with Gasteiger partial charge in [-0.3, -0.25) is 57.4 Å². The molecule has 0 saturated carbocycles. The fourth-order valence-corrected chi connectivity index (χ4v) is 19.7. The first-order valence-electron chi connectivity index (χ1n) is 35.7. The lowest BCUT2D eigenvalue weighted by Gasteiger charge is -2.14. The second kappa shape index (κ2) is 40.9. The van der Waals surface area contributed by atoms with E-state index < -0.39 is 140 Å². The van der Waals surface area contributed by atoms with Gasteiger partial charge in [0.25, 0.3) is 60.1 Å². The number of alkyl halides is 2. The molecule has 5 aromatic carbocycles. The second-order valence-electron chi connectivity index (χ2n) is 25.9. The van der Waals surface area contributed by atoms with Gasteiger partial charge in [0.15, 0.2) is 67.8 Å². The highest BCUT2D eigenvalue weighted by atomic mass is 32.2. The monoisotopic (exact) mass is 1930 g/mol. The van der Waals surface area contributed by atoms with Gasteiger partial charge in [-0.2, -0.15) is 41.0 Å². The van der Waals surface area contributed by atoms with Crippen molar-refractivity contribution in [2.24, 2.45) is 72.2 Å². The SMILES string of the molecule is CN=c1c(F)cn(S(=O)(=O)c2ccc(C)cc2)c(=O)n1C.CN=c1c(F)cn(S(=O)(=O)c2ccc(C)cc2)c(=O)n1C.CN=c1c(F)cn(S(=O)(=O)c2ccc(OC(C)(F)F)cc2)c(=O)n1C.CN=c1c(F)cn(S(=O)(=O)c2ccc(OC)cc2)c(=O)n1C.CN=c1c(F)cn(S(=O)(=O)c2ccccc2)c(=O)n1C.CN=c1c(F)cn(S(=O)(=O)c2cccs2)c(=O)n1C. The average Bonchev–Trinajstić information content (AvgIpc) is 1.60. The van der Waals surface area contributed by atoms with Crippen LogP contribution < -0.4 is 76.5 Å². The summed E-state index contributed by atoms with van der Waals surface area (Å²) in [6.07, 6.45) is 0.231. The Morgan fingerprint density at radius 3 is 0.719 bits per heavy atom. The van der Waals surface area contributed by atoms with Gasteiger partial charge in [0.2, 0.25) is 0 Å². The molecule has 12 rings (SSSR count). The van der Waals surface area contributed by atoms with Crippen molar-refractivity contribution in [2.75, 3.05) is 49.4 Å². The summed E-state index contributed by atoms with van der Waals surface area (Å²) < 4.78 is 274. The lowest BCUT2D eigenvalue weighted by Crippen LogP contribution is -2.42. The maximum atomic E-state index is 13.9. The van der Waals surface area contributed by atoms with Gasteiger partial charge in [0, 0.05) is 91.5 Å². The summed E-state index contributed by atoms with van der Waals surface area (Å²) in [6, 6.07) is 31.5. The minimum absolute atomic E-state index is 0.0322. The van der Waals surface area contributed by atoms with Crippen molar-refractivity contribution in [3.8, 4) is 11.5 Å². The number of ether oxygens (including phenoxy) is 2. The van der Waals surface area contributed by atoms with E-state index in [4.69, 9.17) is 4.74 Å². The van der Waals surface area contributed by atoms with Crippen LogP contribution in [0.1, 0.15) is 18.1 Å². The molecule has 0 unspecified atom stereocenters. The molecule has 0 atom stereocenters. The predicted octanol–water partition coefficient (Wildman–Crippen LogP) is 2.24. The van der Waals surface area contributed by atoms with Gasteiger partial charge in [-0.1, -0.05) is 59.7 Å². The van der Waals surface area contributed by atoms with Gasteiger partial charge in [-0.25, -0.2) is 97.2 Å². The number of thiophene rings is 1. The molecular formula is C75H78F8N18O20S7. The van der Waals surface area contributed by atoms with E-state index in [2.05, 4.69) is 34.7 Å². The van der Waals surface area contributed by atoms with Crippen LogP contribution in [0.3, 0.4) is 0 Å². The minimum atomic E-state index is -4.44. The van der Waals surface area contributed by atoms with Gasteiger partial charge in [0.05, 0.1) is 68.8 Å². The van der Waals surface area contributed by atoms with E-state index in [0.29, 0.717) is 69.7 Å². The highest BCUT2D eigenvalue weighted by molar-refractivity contribution is 7.92. The Balaban J connectivity index is 0.000000211. The molecule has 0 aliphatic carbocycles. The number of aryl methyl sites for hydroxylation is 2. The maximum absolute atomic E-state index is 13.9. The summed E-state index contributed by atoms with van der Waals surface area (Å²) in [6.45, 7) is 4.14. The van der Waals surface area contributed by atoms with Crippen LogP contribution >= 0.6 is 11.3 Å². The summed E-state index contributed by atoms with van der Waals surface area (Å²) in [5.74, 6) is -5.30.